The summed E-state index contributed by atoms with van der Waals surface area (Å²) in [6.07, 6.45) is 1.51. The first-order valence-electron chi connectivity index (χ1n) is 6.18. The van der Waals surface area contributed by atoms with Crippen LogP contribution in [-0.4, -0.2) is 25.1 Å². The van der Waals surface area contributed by atoms with E-state index >= 15 is 0 Å². The Balaban J connectivity index is 2.11. The van der Waals surface area contributed by atoms with Crippen molar-refractivity contribution in [1.29, 1.82) is 0 Å². The molecule has 0 saturated carbocycles. The number of hydrogen-bond donors (Lipinski definition) is 1. The summed E-state index contributed by atoms with van der Waals surface area (Å²) in [4.78, 5) is 15.3. The lowest BCUT2D eigenvalue weighted by Gasteiger charge is -2.07. The smallest absolute Gasteiger partial charge is 0.356 e. The summed E-state index contributed by atoms with van der Waals surface area (Å²) >= 11 is 0. The number of benzene rings is 1. The summed E-state index contributed by atoms with van der Waals surface area (Å²) in [5.74, 6) is 0.758. The quantitative estimate of drug-likeness (QED) is 0.847. The Morgan fingerprint density at radius 3 is 2.60 bits per heavy atom. The predicted octanol–water partition coefficient (Wildman–Crippen LogP) is 2.38. The van der Waals surface area contributed by atoms with Gasteiger partial charge in [-0.2, -0.15) is 0 Å². The van der Waals surface area contributed by atoms with Gasteiger partial charge in [-0.05, 0) is 30.8 Å². The van der Waals surface area contributed by atoms with E-state index in [1.165, 1.54) is 18.9 Å². The van der Waals surface area contributed by atoms with E-state index in [1.807, 2.05) is 31.3 Å². The highest BCUT2D eigenvalue weighted by Gasteiger charge is 2.08. The lowest BCUT2D eigenvalue weighted by molar-refractivity contribution is 0.0593. The summed E-state index contributed by atoms with van der Waals surface area (Å²) in [7, 11) is 3.22. The average Bonchev–Trinajstić information content (AvgIpc) is 2.49. The monoisotopic (exact) mass is 272 g/mol. The van der Waals surface area contributed by atoms with E-state index in [1.54, 1.807) is 12.1 Å². The zero-order chi connectivity index (χ0) is 14.4. The van der Waals surface area contributed by atoms with E-state index in [-0.39, 0.29) is 5.69 Å². The van der Waals surface area contributed by atoms with Crippen molar-refractivity contribution in [3.63, 3.8) is 0 Å². The number of rotatable bonds is 5. The minimum absolute atomic E-state index is 0.219. The Labute approximate surface area is 117 Å². The van der Waals surface area contributed by atoms with Crippen LogP contribution in [0.15, 0.2) is 42.6 Å². The maximum Gasteiger partial charge on any atom is 0.356 e. The van der Waals surface area contributed by atoms with Crippen molar-refractivity contribution in [1.82, 2.24) is 10.3 Å². The van der Waals surface area contributed by atoms with Crippen LogP contribution in [0, 0.1) is 0 Å². The third-order valence-electron chi connectivity index (χ3n) is 2.67. The van der Waals surface area contributed by atoms with Crippen LogP contribution in [0.1, 0.15) is 16.1 Å². The second-order valence-electron chi connectivity index (χ2n) is 4.14. The molecule has 20 heavy (non-hydrogen) atoms. The summed E-state index contributed by atoms with van der Waals surface area (Å²) in [5, 5.41) is 3.08. The number of nitrogens with zero attached hydrogens (tertiary/aromatic N) is 1. The zero-order valence-corrected chi connectivity index (χ0v) is 11.4. The Morgan fingerprint density at radius 1 is 1.20 bits per heavy atom. The standard InChI is InChI=1S/C15H16N2O3/c1-16-10-11-3-5-12(6-4-11)20-13-7-8-17-14(9-13)15(18)19-2/h3-9,16H,10H2,1-2H3. The first-order chi connectivity index (χ1) is 9.72. The van der Waals surface area contributed by atoms with Gasteiger partial charge in [0.15, 0.2) is 5.69 Å². The minimum atomic E-state index is -0.486. The fraction of sp³-hybridized carbons (Fsp3) is 0.200. The Bertz CT molecular complexity index is 582. The molecule has 0 aliphatic rings. The highest BCUT2D eigenvalue weighted by molar-refractivity contribution is 5.87. The van der Waals surface area contributed by atoms with Gasteiger partial charge in [-0.1, -0.05) is 12.1 Å². The lowest BCUT2D eigenvalue weighted by Crippen LogP contribution is -2.04. The van der Waals surface area contributed by atoms with Gasteiger partial charge in [-0.15, -0.1) is 0 Å². The second kappa shape index (κ2) is 6.68. The van der Waals surface area contributed by atoms with Crippen LogP contribution in [-0.2, 0) is 11.3 Å². The molecule has 1 aromatic carbocycles. The molecule has 0 saturated heterocycles. The number of esters is 1. The number of aromatic nitrogens is 1. The van der Waals surface area contributed by atoms with Crippen LogP contribution in [0.5, 0.6) is 11.5 Å². The molecular formula is C15H16N2O3. The Kier molecular flexibility index (Phi) is 4.68. The molecule has 0 bridgehead atoms. The highest BCUT2D eigenvalue weighted by atomic mass is 16.5. The summed E-state index contributed by atoms with van der Waals surface area (Å²) < 4.78 is 10.3. The third kappa shape index (κ3) is 3.55. The van der Waals surface area contributed by atoms with Gasteiger partial charge < -0.3 is 14.8 Å². The van der Waals surface area contributed by atoms with Gasteiger partial charge in [-0.3, -0.25) is 0 Å². The molecule has 0 amide bonds. The molecule has 1 N–H and O–H groups in total. The van der Waals surface area contributed by atoms with Crippen molar-refractivity contribution >= 4 is 5.97 Å². The van der Waals surface area contributed by atoms with E-state index in [0.29, 0.717) is 11.5 Å². The molecule has 0 spiro atoms. The Hall–Kier alpha value is -2.40. The minimum Gasteiger partial charge on any atom is -0.464 e. The van der Waals surface area contributed by atoms with E-state index in [4.69, 9.17) is 4.74 Å². The van der Waals surface area contributed by atoms with Gasteiger partial charge in [0, 0.05) is 18.8 Å². The average molecular weight is 272 g/mol. The predicted molar refractivity (Wildman–Crippen MR) is 74.9 cm³/mol. The molecule has 0 aliphatic carbocycles. The number of pyridine rings is 1. The third-order valence-corrected chi connectivity index (χ3v) is 2.67. The van der Waals surface area contributed by atoms with Crippen LogP contribution < -0.4 is 10.1 Å². The first kappa shape index (κ1) is 14.0. The van der Waals surface area contributed by atoms with Crippen molar-refractivity contribution in [2.75, 3.05) is 14.2 Å². The van der Waals surface area contributed by atoms with Crippen LogP contribution in [0.2, 0.25) is 0 Å². The topological polar surface area (TPSA) is 60.5 Å². The number of carbonyl (C=O) groups is 1. The van der Waals surface area contributed by atoms with Crippen LogP contribution >= 0.6 is 0 Å². The second-order valence-corrected chi connectivity index (χ2v) is 4.14. The molecule has 5 heteroatoms. The van der Waals surface area contributed by atoms with E-state index in [2.05, 4.69) is 15.0 Å². The largest absolute Gasteiger partial charge is 0.464 e. The SMILES string of the molecule is CNCc1ccc(Oc2ccnc(C(=O)OC)c2)cc1. The molecule has 0 aliphatic heterocycles. The van der Waals surface area contributed by atoms with Crippen molar-refractivity contribution in [2.24, 2.45) is 0 Å². The van der Waals surface area contributed by atoms with E-state index in [0.717, 1.165) is 6.54 Å². The molecule has 1 aromatic heterocycles. The molecular weight excluding hydrogens is 256 g/mol. The molecule has 1 heterocycles. The fourth-order valence-electron chi connectivity index (χ4n) is 1.71. The molecule has 0 unspecified atom stereocenters. The number of nitrogens with one attached hydrogen (secondary N) is 1. The van der Waals surface area contributed by atoms with Gasteiger partial charge >= 0.3 is 5.97 Å². The normalized spacial score (nSPS) is 10.1. The highest BCUT2D eigenvalue weighted by Crippen LogP contribution is 2.22. The van der Waals surface area contributed by atoms with Crippen molar-refractivity contribution < 1.29 is 14.3 Å². The van der Waals surface area contributed by atoms with Crippen LogP contribution in [0.3, 0.4) is 0 Å². The van der Waals surface area contributed by atoms with Gasteiger partial charge in [-0.25, -0.2) is 9.78 Å². The molecule has 104 valence electrons. The van der Waals surface area contributed by atoms with Crippen LogP contribution in [0.25, 0.3) is 0 Å². The van der Waals surface area contributed by atoms with Crippen molar-refractivity contribution in [3.05, 3.63) is 53.9 Å². The maximum atomic E-state index is 11.4. The van der Waals surface area contributed by atoms with Gasteiger partial charge in [0.25, 0.3) is 0 Å². The summed E-state index contributed by atoms with van der Waals surface area (Å²) in [6, 6.07) is 11.0. The molecule has 0 radical (unpaired) electrons. The molecule has 0 fully saturated rings. The molecule has 2 aromatic rings. The zero-order valence-electron chi connectivity index (χ0n) is 11.4. The van der Waals surface area contributed by atoms with Crippen LogP contribution in [0.4, 0.5) is 0 Å². The van der Waals surface area contributed by atoms with E-state index in [9.17, 15) is 4.79 Å². The number of ether oxygens (including phenoxy) is 2. The first-order valence-corrected chi connectivity index (χ1v) is 6.18. The van der Waals surface area contributed by atoms with Crippen molar-refractivity contribution in [2.45, 2.75) is 6.54 Å². The molecule has 0 atom stereocenters. The number of hydrogen-bond acceptors (Lipinski definition) is 5. The number of carbonyl (C=O) groups excluding carboxylic acids is 1. The fourth-order valence-corrected chi connectivity index (χ4v) is 1.71. The molecule has 5 nitrogen and oxygen atoms in total. The van der Waals surface area contributed by atoms with Gasteiger partial charge in [0.1, 0.15) is 11.5 Å². The maximum absolute atomic E-state index is 11.4. The number of methoxy groups -OCH3 is 1. The Morgan fingerprint density at radius 2 is 1.95 bits per heavy atom. The molecule has 2 rings (SSSR count). The van der Waals surface area contributed by atoms with E-state index < -0.39 is 5.97 Å². The van der Waals surface area contributed by atoms with Gasteiger partial charge in [0.05, 0.1) is 7.11 Å². The summed E-state index contributed by atoms with van der Waals surface area (Å²) in [6.45, 7) is 0.808. The van der Waals surface area contributed by atoms with Crippen molar-refractivity contribution in [3.8, 4) is 11.5 Å². The summed E-state index contributed by atoms with van der Waals surface area (Å²) in [5.41, 5.74) is 1.39. The van der Waals surface area contributed by atoms with Gasteiger partial charge in [0.2, 0.25) is 0 Å². The lowest BCUT2D eigenvalue weighted by atomic mass is 10.2.